The molecule has 2 aromatic rings. The Morgan fingerprint density at radius 1 is 1.19 bits per heavy atom. The highest BCUT2D eigenvalue weighted by atomic mass is 16.8. The first kappa shape index (κ1) is 22.2. The summed E-state index contributed by atoms with van der Waals surface area (Å²) in [7, 11) is 0. The Morgan fingerprint density at radius 2 is 1.88 bits per heavy atom. The van der Waals surface area contributed by atoms with Gasteiger partial charge in [0.05, 0.1) is 5.92 Å². The van der Waals surface area contributed by atoms with E-state index in [-0.39, 0.29) is 11.8 Å². The highest BCUT2D eigenvalue weighted by Crippen LogP contribution is 2.32. The van der Waals surface area contributed by atoms with E-state index in [1.165, 1.54) is 0 Å². The van der Waals surface area contributed by atoms with Gasteiger partial charge in [-0.05, 0) is 29.6 Å². The van der Waals surface area contributed by atoms with Gasteiger partial charge in [-0.25, -0.2) is 4.79 Å². The fourth-order valence-corrected chi connectivity index (χ4v) is 4.10. The van der Waals surface area contributed by atoms with Crippen molar-refractivity contribution in [3.8, 4) is 11.5 Å². The predicted molar refractivity (Wildman–Crippen MR) is 114 cm³/mol. The summed E-state index contributed by atoms with van der Waals surface area (Å²) in [5, 5.41) is 4.08. The highest BCUT2D eigenvalue weighted by Gasteiger charge is 2.48. The average Bonchev–Trinajstić information content (AvgIpc) is 3.36. The SMILES string of the molecule is CC(C)C[C@H](C(=O)N1CCN(c2noc(-c3ccncc3)n2)CC1)[C@@H]1OC(C)(C)OC1=O. The second-order valence-electron chi connectivity index (χ2n) is 9.04. The van der Waals surface area contributed by atoms with Gasteiger partial charge in [0.25, 0.3) is 11.8 Å². The number of aromatic nitrogens is 3. The van der Waals surface area contributed by atoms with Crippen molar-refractivity contribution in [3.05, 3.63) is 24.5 Å². The molecule has 4 heterocycles. The van der Waals surface area contributed by atoms with Crippen LogP contribution in [0.25, 0.3) is 11.5 Å². The number of rotatable bonds is 6. The van der Waals surface area contributed by atoms with Crippen LogP contribution in [-0.4, -0.2) is 70.0 Å². The van der Waals surface area contributed by atoms with Crippen LogP contribution >= 0.6 is 0 Å². The van der Waals surface area contributed by atoms with Crippen molar-refractivity contribution >= 4 is 17.8 Å². The lowest BCUT2D eigenvalue weighted by molar-refractivity contribution is -0.163. The van der Waals surface area contributed by atoms with Crippen molar-refractivity contribution in [2.24, 2.45) is 11.8 Å². The number of hydrogen-bond donors (Lipinski definition) is 0. The van der Waals surface area contributed by atoms with Crippen LogP contribution < -0.4 is 4.90 Å². The van der Waals surface area contributed by atoms with Crippen LogP contribution in [0.1, 0.15) is 34.1 Å². The average molecular weight is 444 g/mol. The van der Waals surface area contributed by atoms with Crippen LogP contribution in [0.4, 0.5) is 5.95 Å². The lowest BCUT2D eigenvalue weighted by Crippen LogP contribution is -2.53. The fourth-order valence-electron chi connectivity index (χ4n) is 4.10. The van der Waals surface area contributed by atoms with Gasteiger partial charge in [0.1, 0.15) is 0 Å². The molecular formula is C22H29N5O5. The van der Waals surface area contributed by atoms with Crippen LogP contribution in [0.3, 0.4) is 0 Å². The molecule has 10 nitrogen and oxygen atoms in total. The monoisotopic (exact) mass is 443 g/mol. The summed E-state index contributed by atoms with van der Waals surface area (Å²) in [4.78, 5) is 38.0. The number of hydrogen-bond acceptors (Lipinski definition) is 9. The molecule has 2 saturated heterocycles. The van der Waals surface area contributed by atoms with Gasteiger partial charge in [0.2, 0.25) is 11.7 Å². The number of esters is 1. The molecule has 0 N–H and O–H groups in total. The van der Waals surface area contributed by atoms with Gasteiger partial charge in [-0.15, -0.1) is 0 Å². The van der Waals surface area contributed by atoms with Crippen molar-refractivity contribution in [1.29, 1.82) is 0 Å². The first-order valence-electron chi connectivity index (χ1n) is 10.9. The third-order valence-corrected chi connectivity index (χ3v) is 5.61. The Balaban J connectivity index is 1.41. The minimum Gasteiger partial charge on any atom is -0.432 e. The predicted octanol–water partition coefficient (Wildman–Crippen LogP) is 2.12. The molecule has 2 aliphatic heterocycles. The molecule has 2 fully saturated rings. The summed E-state index contributed by atoms with van der Waals surface area (Å²) in [6.07, 6.45) is 3.01. The summed E-state index contributed by atoms with van der Waals surface area (Å²) in [6, 6.07) is 3.61. The maximum atomic E-state index is 13.4. The summed E-state index contributed by atoms with van der Waals surface area (Å²) < 4.78 is 16.5. The van der Waals surface area contributed by atoms with Crippen LogP contribution in [0.2, 0.25) is 0 Å². The molecule has 0 radical (unpaired) electrons. The van der Waals surface area contributed by atoms with E-state index in [1.54, 1.807) is 43.3 Å². The van der Waals surface area contributed by atoms with E-state index >= 15 is 0 Å². The van der Waals surface area contributed by atoms with Gasteiger partial charge in [0, 0.05) is 58.0 Å². The zero-order chi connectivity index (χ0) is 22.9. The van der Waals surface area contributed by atoms with E-state index in [2.05, 4.69) is 15.1 Å². The fraction of sp³-hybridized carbons (Fsp3) is 0.591. The number of amides is 1. The molecule has 2 atom stereocenters. The van der Waals surface area contributed by atoms with E-state index in [1.807, 2.05) is 18.7 Å². The van der Waals surface area contributed by atoms with E-state index in [4.69, 9.17) is 14.0 Å². The molecular weight excluding hydrogens is 414 g/mol. The van der Waals surface area contributed by atoms with Crippen LogP contribution in [-0.2, 0) is 19.1 Å². The topological polar surface area (TPSA) is 111 Å². The Labute approximate surface area is 186 Å². The van der Waals surface area contributed by atoms with Gasteiger partial charge >= 0.3 is 5.97 Å². The molecule has 0 aliphatic carbocycles. The molecule has 4 rings (SSSR count). The number of nitrogens with zero attached hydrogens (tertiary/aromatic N) is 5. The number of anilines is 1. The Bertz CT molecular complexity index is 953. The molecule has 0 bridgehead atoms. The largest absolute Gasteiger partial charge is 0.432 e. The third kappa shape index (κ3) is 4.74. The zero-order valence-corrected chi connectivity index (χ0v) is 18.9. The van der Waals surface area contributed by atoms with Gasteiger partial charge < -0.3 is 23.8 Å². The van der Waals surface area contributed by atoms with E-state index in [0.29, 0.717) is 44.4 Å². The Hall–Kier alpha value is -3.01. The Morgan fingerprint density at radius 3 is 2.47 bits per heavy atom. The number of piperazine rings is 1. The second-order valence-corrected chi connectivity index (χ2v) is 9.04. The lowest BCUT2D eigenvalue weighted by atomic mass is 9.90. The molecule has 1 amide bonds. The smallest absolute Gasteiger partial charge is 0.338 e. The summed E-state index contributed by atoms with van der Waals surface area (Å²) in [6.45, 7) is 9.56. The number of ether oxygens (including phenoxy) is 2. The summed E-state index contributed by atoms with van der Waals surface area (Å²) in [5.41, 5.74) is 0.801. The molecule has 10 heteroatoms. The quantitative estimate of drug-likeness (QED) is 0.620. The number of pyridine rings is 1. The molecule has 0 saturated carbocycles. The third-order valence-electron chi connectivity index (χ3n) is 5.61. The normalized spacial score (nSPS) is 21.7. The number of carbonyl (C=O) groups is 2. The molecule has 0 aromatic carbocycles. The van der Waals surface area contributed by atoms with Gasteiger partial charge in [0.15, 0.2) is 6.10 Å². The highest BCUT2D eigenvalue weighted by molar-refractivity contribution is 5.88. The maximum absolute atomic E-state index is 13.4. The van der Waals surface area contributed by atoms with Crippen LogP contribution in [0.15, 0.2) is 29.0 Å². The van der Waals surface area contributed by atoms with E-state index in [0.717, 1.165) is 5.56 Å². The van der Waals surface area contributed by atoms with Gasteiger partial charge in [-0.1, -0.05) is 13.8 Å². The van der Waals surface area contributed by atoms with E-state index in [9.17, 15) is 9.59 Å². The maximum Gasteiger partial charge on any atom is 0.338 e. The van der Waals surface area contributed by atoms with Crippen LogP contribution in [0.5, 0.6) is 0 Å². The first-order valence-corrected chi connectivity index (χ1v) is 10.9. The number of carbonyl (C=O) groups excluding carboxylic acids is 2. The minimum atomic E-state index is -1.01. The van der Waals surface area contributed by atoms with Crippen molar-refractivity contribution < 1.29 is 23.6 Å². The van der Waals surface area contributed by atoms with E-state index < -0.39 is 23.8 Å². The second kappa shape index (κ2) is 8.85. The minimum absolute atomic E-state index is 0.0800. The van der Waals surface area contributed by atoms with Gasteiger partial charge in [-0.2, -0.15) is 4.98 Å². The van der Waals surface area contributed by atoms with Crippen molar-refractivity contribution in [1.82, 2.24) is 20.0 Å². The standard InChI is InChI=1S/C22H29N5O5/c1-14(2)13-16(17-20(29)31-22(3,4)30-17)19(28)26-9-11-27(12-10-26)21-24-18(32-25-21)15-5-7-23-8-6-15/h5-8,14,16-17H,9-13H2,1-4H3/t16-,17-/m0/s1. The summed E-state index contributed by atoms with van der Waals surface area (Å²) in [5.74, 6) is -0.979. The Kier molecular flexibility index (Phi) is 6.14. The summed E-state index contributed by atoms with van der Waals surface area (Å²) >= 11 is 0. The first-order chi connectivity index (χ1) is 15.2. The molecule has 32 heavy (non-hydrogen) atoms. The molecule has 172 valence electrons. The van der Waals surface area contributed by atoms with Crippen molar-refractivity contribution in [2.75, 3.05) is 31.1 Å². The molecule has 2 aliphatic rings. The lowest BCUT2D eigenvalue weighted by Gasteiger charge is -2.36. The molecule has 2 aromatic heterocycles. The van der Waals surface area contributed by atoms with Crippen LogP contribution in [0, 0.1) is 11.8 Å². The molecule has 0 spiro atoms. The molecule has 0 unspecified atom stereocenters. The van der Waals surface area contributed by atoms with Gasteiger partial charge in [-0.3, -0.25) is 9.78 Å². The van der Waals surface area contributed by atoms with Crippen molar-refractivity contribution in [2.45, 2.75) is 46.0 Å². The zero-order valence-electron chi connectivity index (χ0n) is 18.9. The van der Waals surface area contributed by atoms with Crippen molar-refractivity contribution in [3.63, 3.8) is 0 Å². The number of cyclic esters (lactones) is 1.